The van der Waals surface area contributed by atoms with Crippen LogP contribution in [-0.4, -0.2) is 30.2 Å². The summed E-state index contributed by atoms with van der Waals surface area (Å²) in [7, 11) is -3.85. The second-order valence-electron chi connectivity index (χ2n) is 7.21. The van der Waals surface area contributed by atoms with Gasteiger partial charge >= 0.3 is 0 Å². The molecule has 7 heteroatoms. The maximum Gasteiger partial charge on any atom is 0.243 e. The van der Waals surface area contributed by atoms with Gasteiger partial charge in [0.2, 0.25) is 15.9 Å². The molecular formula is C23H25N3O3S. The van der Waals surface area contributed by atoms with Crippen molar-refractivity contribution in [3.05, 3.63) is 95.3 Å². The van der Waals surface area contributed by atoms with Crippen LogP contribution in [0.3, 0.4) is 0 Å². The smallest absolute Gasteiger partial charge is 0.243 e. The first-order chi connectivity index (χ1) is 14.3. The number of sulfonamides is 1. The van der Waals surface area contributed by atoms with Gasteiger partial charge in [-0.3, -0.25) is 9.78 Å². The Bertz CT molecular complexity index is 1100. The topological polar surface area (TPSA) is 79.4 Å². The van der Waals surface area contributed by atoms with Gasteiger partial charge in [-0.2, -0.15) is 4.31 Å². The zero-order chi connectivity index (χ0) is 21.6. The average molecular weight is 424 g/mol. The Kier molecular flexibility index (Phi) is 6.97. The van der Waals surface area contributed by atoms with Gasteiger partial charge in [-0.25, -0.2) is 8.42 Å². The normalized spacial score (nSPS) is 11.4. The molecule has 156 valence electrons. The number of benzene rings is 2. The number of hydrogen-bond donors (Lipinski definition) is 1. The minimum absolute atomic E-state index is 0.109. The van der Waals surface area contributed by atoms with E-state index in [0.29, 0.717) is 0 Å². The van der Waals surface area contributed by atoms with Gasteiger partial charge in [-0.05, 0) is 43.2 Å². The van der Waals surface area contributed by atoms with Crippen molar-refractivity contribution in [2.75, 3.05) is 6.54 Å². The number of amides is 1. The first kappa shape index (κ1) is 21.7. The van der Waals surface area contributed by atoms with Crippen LogP contribution in [0.5, 0.6) is 0 Å². The molecule has 3 rings (SSSR count). The summed E-state index contributed by atoms with van der Waals surface area (Å²) in [5.41, 5.74) is 3.66. The maximum absolute atomic E-state index is 13.3. The molecule has 0 spiro atoms. The highest BCUT2D eigenvalue weighted by molar-refractivity contribution is 7.89. The van der Waals surface area contributed by atoms with Crippen molar-refractivity contribution in [3.63, 3.8) is 0 Å². The number of aryl methyl sites for hydroxylation is 2. The van der Waals surface area contributed by atoms with Crippen molar-refractivity contribution in [1.82, 2.24) is 14.6 Å². The minimum Gasteiger partial charge on any atom is -0.351 e. The van der Waals surface area contributed by atoms with Gasteiger partial charge in [-0.1, -0.05) is 53.6 Å². The van der Waals surface area contributed by atoms with Crippen LogP contribution < -0.4 is 5.32 Å². The van der Waals surface area contributed by atoms with E-state index in [1.807, 2.05) is 44.2 Å². The van der Waals surface area contributed by atoms with Crippen molar-refractivity contribution in [1.29, 1.82) is 0 Å². The molecule has 0 aliphatic carbocycles. The first-order valence-electron chi connectivity index (χ1n) is 9.62. The van der Waals surface area contributed by atoms with Gasteiger partial charge in [0.1, 0.15) is 0 Å². The molecular weight excluding hydrogens is 398 g/mol. The van der Waals surface area contributed by atoms with Crippen molar-refractivity contribution < 1.29 is 13.2 Å². The molecule has 0 radical (unpaired) electrons. The molecule has 1 heterocycles. The van der Waals surface area contributed by atoms with E-state index >= 15 is 0 Å². The molecule has 3 aromatic rings. The number of carbonyl (C=O) groups excluding carboxylic acids is 1. The molecule has 0 saturated carbocycles. The van der Waals surface area contributed by atoms with Crippen LogP contribution in [0.25, 0.3) is 0 Å². The Labute approximate surface area is 177 Å². The molecule has 1 amide bonds. The van der Waals surface area contributed by atoms with Crippen LogP contribution in [-0.2, 0) is 27.9 Å². The van der Waals surface area contributed by atoms with Crippen LogP contribution in [0.2, 0.25) is 0 Å². The van der Waals surface area contributed by atoms with Crippen LogP contribution in [0.15, 0.2) is 78.0 Å². The third kappa shape index (κ3) is 5.75. The minimum atomic E-state index is -3.85. The average Bonchev–Trinajstić information content (AvgIpc) is 2.73. The van der Waals surface area contributed by atoms with Crippen molar-refractivity contribution in [2.24, 2.45) is 0 Å². The lowest BCUT2D eigenvalue weighted by atomic mass is 10.1. The van der Waals surface area contributed by atoms with Gasteiger partial charge in [0.25, 0.3) is 0 Å². The number of nitrogens with one attached hydrogen (secondary N) is 1. The van der Waals surface area contributed by atoms with E-state index in [1.54, 1.807) is 42.7 Å². The molecule has 6 nitrogen and oxygen atoms in total. The Hall–Kier alpha value is -3.03. The highest BCUT2D eigenvalue weighted by Gasteiger charge is 2.27. The fourth-order valence-electron chi connectivity index (χ4n) is 3.02. The lowest BCUT2D eigenvalue weighted by Gasteiger charge is -2.22. The molecule has 0 atom stereocenters. The summed E-state index contributed by atoms with van der Waals surface area (Å²) in [4.78, 5) is 16.8. The van der Waals surface area contributed by atoms with Crippen molar-refractivity contribution in [3.8, 4) is 0 Å². The zero-order valence-electron chi connectivity index (χ0n) is 17.1. The van der Waals surface area contributed by atoms with Gasteiger partial charge in [0, 0.05) is 25.5 Å². The SMILES string of the molecule is Cc1ccc(S(=O)(=O)N(CC(=O)NCc2cccnc2)Cc2cccc(C)c2)cc1. The van der Waals surface area contributed by atoms with Crippen LogP contribution in [0.1, 0.15) is 22.3 Å². The summed E-state index contributed by atoms with van der Waals surface area (Å²) >= 11 is 0. The van der Waals surface area contributed by atoms with E-state index in [1.165, 1.54) is 4.31 Å². The number of nitrogens with zero attached hydrogens (tertiary/aromatic N) is 2. The zero-order valence-corrected chi connectivity index (χ0v) is 17.9. The third-order valence-corrected chi connectivity index (χ3v) is 6.44. The number of hydrogen-bond acceptors (Lipinski definition) is 4. The standard InChI is InChI=1S/C23H25N3O3S/c1-18-8-10-22(11-9-18)30(28,29)26(16-20-6-3-5-19(2)13-20)17-23(27)25-15-21-7-4-12-24-14-21/h3-14H,15-17H2,1-2H3,(H,25,27). The van der Waals surface area contributed by atoms with Gasteiger partial charge in [-0.15, -0.1) is 0 Å². The highest BCUT2D eigenvalue weighted by atomic mass is 32.2. The van der Waals surface area contributed by atoms with E-state index in [0.717, 1.165) is 22.3 Å². The maximum atomic E-state index is 13.3. The lowest BCUT2D eigenvalue weighted by molar-refractivity contribution is -0.121. The summed E-state index contributed by atoms with van der Waals surface area (Å²) in [6, 6.07) is 17.9. The molecule has 1 N–H and O–H groups in total. The summed E-state index contributed by atoms with van der Waals surface area (Å²) in [5, 5.41) is 2.77. The second kappa shape index (κ2) is 9.65. The monoisotopic (exact) mass is 423 g/mol. The van der Waals surface area contributed by atoms with Crippen LogP contribution >= 0.6 is 0 Å². The fourth-order valence-corrected chi connectivity index (χ4v) is 4.40. The Balaban J connectivity index is 1.81. The van der Waals surface area contributed by atoms with Crippen LogP contribution in [0.4, 0.5) is 0 Å². The molecule has 2 aromatic carbocycles. The molecule has 30 heavy (non-hydrogen) atoms. The predicted octanol–water partition coefficient (Wildman–Crippen LogP) is 3.21. The van der Waals surface area contributed by atoms with Gasteiger partial charge in [0.05, 0.1) is 11.4 Å². The Morgan fingerprint density at radius 1 is 0.967 bits per heavy atom. The molecule has 0 fully saturated rings. The number of pyridine rings is 1. The van der Waals surface area contributed by atoms with E-state index in [2.05, 4.69) is 10.3 Å². The quantitative estimate of drug-likeness (QED) is 0.603. The lowest BCUT2D eigenvalue weighted by Crippen LogP contribution is -2.40. The molecule has 0 aliphatic rings. The molecule has 0 saturated heterocycles. The van der Waals surface area contributed by atoms with Gasteiger partial charge < -0.3 is 5.32 Å². The van der Waals surface area contributed by atoms with Crippen LogP contribution in [0, 0.1) is 13.8 Å². The summed E-state index contributed by atoms with van der Waals surface area (Å²) < 4.78 is 27.8. The van der Waals surface area contributed by atoms with E-state index in [-0.39, 0.29) is 30.4 Å². The highest BCUT2D eigenvalue weighted by Crippen LogP contribution is 2.19. The summed E-state index contributed by atoms with van der Waals surface area (Å²) in [6.45, 7) is 3.97. The van der Waals surface area contributed by atoms with Crippen molar-refractivity contribution in [2.45, 2.75) is 31.8 Å². The van der Waals surface area contributed by atoms with Gasteiger partial charge in [0.15, 0.2) is 0 Å². The number of aromatic nitrogens is 1. The van der Waals surface area contributed by atoms with E-state index in [9.17, 15) is 13.2 Å². The Morgan fingerprint density at radius 2 is 1.70 bits per heavy atom. The molecule has 0 unspecified atom stereocenters. The van der Waals surface area contributed by atoms with Crippen molar-refractivity contribution >= 4 is 15.9 Å². The largest absolute Gasteiger partial charge is 0.351 e. The molecule has 1 aromatic heterocycles. The molecule has 0 bridgehead atoms. The fraction of sp³-hybridized carbons (Fsp3) is 0.217. The number of rotatable bonds is 8. The first-order valence-corrected chi connectivity index (χ1v) is 11.1. The third-order valence-electron chi connectivity index (χ3n) is 4.63. The molecule has 0 aliphatic heterocycles. The number of carbonyl (C=O) groups is 1. The summed E-state index contributed by atoms with van der Waals surface area (Å²) in [6.07, 6.45) is 3.32. The predicted molar refractivity (Wildman–Crippen MR) is 116 cm³/mol. The second-order valence-corrected chi connectivity index (χ2v) is 9.15. The van der Waals surface area contributed by atoms with E-state index < -0.39 is 10.0 Å². The Morgan fingerprint density at radius 3 is 2.37 bits per heavy atom. The summed E-state index contributed by atoms with van der Waals surface area (Å²) in [5.74, 6) is -0.373. The van der Waals surface area contributed by atoms with E-state index in [4.69, 9.17) is 0 Å².